The van der Waals surface area contributed by atoms with Gasteiger partial charge in [0, 0.05) is 13.6 Å². The van der Waals surface area contributed by atoms with Crippen LogP contribution in [0.2, 0.25) is 5.15 Å². The zero-order chi connectivity index (χ0) is 18.1. The maximum absolute atomic E-state index is 12.5. The summed E-state index contributed by atoms with van der Waals surface area (Å²) in [6.07, 6.45) is 0.610. The highest BCUT2D eigenvalue weighted by Crippen LogP contribution is 2.32. The van der Waals surface area contributed by atoms with Crippen LogP contribution in [-0.2, 0) is 14.3 Å². The molecule has 132 valence electrons. The molecule has 1 aromatic rings. The standard InChI is InChI=1S/C16H22ClN3O4/c1-15(2,3)24-13(21)10-8-11(17)18-19-12(10)20(5)9-16(4)6-7-23-14(16)22/h8H,6-7,9H2,1-5H3/t16-/m0/s1. The van der Waals surface area contributed by atoms with Crippen LogP contribution >= 0.6 is 11.6 Å². The summed E-state index contributed by atoms with van der Waals surface area (Å²) in [5.74, 6) is -0.482. The monoisotopic (exact) mass is 355 g/mol. The largest absolute Gasteiger partial charge is 0.465 e. The van der Waals surface area contributed by atoms with Crippen LogP contribution in [0, 0.1) is 5.41 Å². The van der Waals surface area contributed by atoms with E-state index in [1.807, 2.05) is 6.92 Å². The van der Waals surface area contributed by atoms with Gasteiger partial charge in [0.2, 0.25) is 0 Å². The number of ether oxygens (including phenoxy) is 2. The summed E-state index contributed by atoms with van der Waals surface area (Å²) in [6, 6.07) is 1.42. The van der Waals surface area contributed by atoms with Crippen molar-refractivity contribution < 1.29 is 19.1 Å². The number of anilines is 1. The van der Waals surface area contributed by atoms with Crippen LogP contribution < -0.4 is 4.90 Å². The average Bonchev–Trinajstić information content (AvgIpc) is 2.76. The molecule has 0 unspecified atom stereocenters. The Hall–Kier alpha value is -1.89. The van der Waals surface area contributed by atoms with Crippen molar-refractivity contribution in [2.75, 3.05) is 25.1 Å². The van der Waals surface area contributed by atoms with E-state index in [9.17, 15) is 9.59 Å². The summed E-state index contributed by atoms with van der Waals surface area (Å²) in [5, 5.41) is 7.92. The van der Waals surface area contributed by atoms with Crippen LogP contribution in [0.25, 0.3) is 0 Å². The van der Waals surface area contributed by atoms with Crippen molar-refractivity contribution in [3.05, 3.63) is 16.8 Å². The van der Waals surface area contributed by atoms with Gasteiger partial charge in [-0.2, -0.15) is 0 Å². The van der Waals surface area contributed by atoms with Crippen LogP contribution in [0.4, 0.5) is 5.82 Å². The third-order valence-corrected chi connectivity index (χ3v) is 3.88. The molecule has 0 radical (unpaired) electrons. The Balaban J connectivity index is 2.29. The van der Waals surface area contributed by atoms with Gasteiger partial charge in [-0.25, -0.2) is 4.79 Å². The molecule has 1 atom stereocenters. The fourth-order valence-corrected chi connectivity index (χ4v) is 2.66. The molecule has 0 saturated carbocycles. The Labute approximate surface area is 146 Å². The molecule has 1 aliphatic heterocycles. The van der Waals surface area contributed by atoms with E-state index in [-0.39, 0.29) is 16.7 Å². The predicted octanol–water partition coefficient (Wildman–Crippen LogP) is 2.47. The second-order valence-corrected chi connectivity index (χ2v) is 7.60. The molecule has 0 bridgehead atoms. The van der Waals surface area contributed by atoms with Crippen molar-refractivity contribution in [3.8, 4) is 0 Å². The third-order valence-electron chi connectivity index (χ3n) is 3.69. The average molecular weight is 356 g/mol. The smallest absolute Gasteiger partial charge is 0.342 e. The first-order valence-electron chi connectivity index (χ1n) is 7.67. The number of cyclic esters (lactones) is 1. The zero-order valence-corrected chi connectivity index (χ0v) is 15.3. The van der Waals surface area contributed by atoms with E-state index in [0.29, 0.717) is 25.4 Å². The van der Waals surface area contributed by atoms with E-state index in [1.54, 1.807) is 32.7 Å². The molecular weight excluding hydrogens is 334 g/mol. The van der Waals surface area contributed by atoms with Gasteiger partial charge < -0.3 is 14.4 Å². The third kappa shape index (κ3) is 4.14. The summed E-state index contributed by atoms with van der Waals surface area (Å²) in [4.78, 5) is 26.1. The first-order chi connectivity index (χ1) is 11.0. The summed E-state index contributed by atoms with van der Waals surface area (Å²) >= 11 is 5.88. The zero-order valence-electron chi connectivity index (χ0n) is 14.6. The normalized spacial score (nSPS) is 20.7. The molecule has 1 saturated heterocycles. The first-order valence-corrected chi connectivity index (χ1v) is 8.04. The predicted molar refractivity (Wildman–Crippen MR) is 89.2 cm³/mol. The molecule has 2 rings (SSSR count). The van der Waals surface area contributed by atoms with E-state index in [1.165, 1.54) is 6.07 Å². The number of hydrogen-bond donors (Lipinski definition) is 0. The number of nitrogens with zero attached hydrogens (tertiary/aromatic N) is 3. The molecule has 0 amide bonds. The van der Waals surface area contributed by atoms with E-state index >= 15 is 0 Å². The maximum atomic E-state index is 12.5. The Kier molecular flexibility index (Phi) is 5.03. The minimum atomic E-state index is -0.652. The summed E-state index contributed by atoms with van der Waals surface area (Å²) in [7, 11) is 1.74. The van der Waals surface area contributed by atoms with Crippen molar-refractivity contribution in [1.82, 2.24) is 10.2 Å². The fraction of sp³-hybridized carbons (Fsp3) is 0.625. The van der Waals surface area contributed by atoms with E-state index in [2.05, 4.69) is 10.2 Å². The molecular formula is C16H22ClN3O4. The minimum absolute atomic E-state index is 0.0968. The van der Waals surface area contributed by atoms with Crippen molar-refractivity contribution >= 4 is 29.4 Å². The molecule has 0 aromatic carbocycles. The Morgan fingerprint density at radius 2 is 2.12 bits per heavy atom. The highest BCUT2D eigenvalue weighted by atomic mass is 35.5. The Morgan fingerprint density at radius 1 is 1.46 bits per heavy atom. The number of rotatable bonds is 4. The molecule has 8 heteroatoms. The second kappa shape index (κ2) is 6.55. The van der Waals surface area contributed by atoms with Crippen molar-refractivity contribution in [3.63, 3.8) is 0 Å². The van der Waals surface area contributed by atoms with Crippen LogP contribution in [0.15, 0.2) is 6.07 Å². The lowest BCUT2D eigenvalue weighted by molar-refractivity contribution is -0.145. The van der Waals surface area contributed by atoms with Crippen molar-refractivity contribution in [2.45, 2.75) is 39.7 Å². The quantitative estimate of drug-likeness (QED) is 0.767. The fourth-order valence-electron chi connectivity index (χ4n) is 2.51. The van der Waals surface area contributed by atoms with Gasteiger partial charge in [-0.3, -0.25) is 4.79 Å². The summed E-state index contributed by atoms with van der Waals surface area (Å²) < 4.78 is 10.5. The molecule has 1 fully saturated rings. The lowest BCUT2D eigenvalue weighted by Crippen LogP contribution is -2.38. The van der Waals surface area contributed by atoms with Gasteiger partial charge in [0.25, 0.3) is 0 Å². The molecule has 0 aliphatic carbocycles. The SMILES string of the molecule is CN(C[C@]1(C)CCOC1=O)c1nnc(Cl)cc1C(=O)OC(C)(C)C. The highest BCUT2D eigenvalue weighted by molar-refractivity contribution is 6.29. The summed E-state index contributed by atoms with van der Waals surface area (Å²) in [6.45, 7) is 7.90. The molecule has 7 nitrogen and oxygen atoms in total. The molecule has 0 N–H and O–H groups in total. The topological polar surface area (TPSA) is 81.6 Å². The molecule has 1 aromatic heterocycles. The minimum Gasteiger partial charge on any atom is -0.465 e. The highest BCUT2D eigenvalue weighted by Gasteiger charge is 2.41. The lowest BCUT2D eigenvalue weighted by Gasteiger charge is -2.28. The molecule has 2 heterocycles. The molecule has 1 aliphatic rings. The number of hydrogen-bond acceptors (Lipinski definition) is 7. The van der Waals surface area contributed by atoms with Gasteiger partial charge in [0.05, 0.1) is 12.0 Å². The molecule has 0 spiro atoms. The Morgan fingerprint density at radius 3 is 2.67 bits per heavy atom. The van der Waals surface area contributed by atoms with Gasteiger partial charge in [-0.05, 0) is 40.2 Å². The summed E-state index contributed by atoms with van der Waals surface area (Å²) in [5.41, 5.74) is -1.09. The number of halogens is 1. The maximum Gasteiger partial charge on any atom is 0.342 e. The van der Waals surface area contributed by atoms with Crippen molar-refractivity contribution in [2.24, 2.45) is 5.41 Å². The van der Waals surface area contributed by atoms with Gasteiger partial charge in [0.15, 0.2) is 11.0 Å². The van der Waals surface area contributed by atoms with Crippen LogP contribution in [0.5, 0.6) is 0 Å². The van der Waals surface area contributed by atoms with Gasteiger partial charge in [0.1, 0.15) is 11.2 Å². The van der Waals surface area contributed by atoms with Gasteiger partial charge in [-0.15, -0.1) is 10.2 Å². The van der Waals surface area contributed by atoms with Gasteiger partial charge >= 0.3 is 11.9 Å². The van der Waals surface area contributed by atoms with Gasteiger partial charge in [-0.1, -0.05) is 11.6 Å². The van der Waals surface area contributed by atoms with Crippen LogP contribution in [-0.4, -0.2) is 47.9 Å². The first kappa shape index (κ1) is 18.4. The Bertz CT molecular complexity index is 659. The van der Waals surface area contributed by atoms with E-state index in [4.69, 9.17) is 21.1 Å². The number of esters is 2. The molecule has 24 heavy (non-hydrogen) atoms. The second-order valence-electron chi connectivity index (χ2n) is 7.21. The number of aromatic nitrogens is 2. The number of carbonyl (C=O) groups is 2. The van der Waals surface area contributed by atoms with Crippen LogP contribution in [0.3, 0.4) is 0 Å². The lowest BCUT2D eigenvalue weighted by atomic mass is 9.88. The van der Waals surface area contributed by atoms with E-state index < -0.39 is 17.0 Å². The number of carbonyl (C=O) groups excluding carboxylic acids is 2. The van der Waals surface area contributed by atoms with E-state index in [0.717, 1.165) is 0 Å². The van der Waals surface area contributed by atoms with Crippen molar-refractivity contribution in [1.29, 1.82) is 0 Å². The van der Waals surface area contributed by atoms with Crippen LogP contribution in [0.1, 0.15) is 44.5 Å².